The summed E-state index contributed by atoms with van der Waals surface area (Å²) in [6.45, 7) is 1.29. The number of amides is 2. The van der Waals surface area contributed by atoms with Crippen molar-refractivity contribution in [1.82, 2.24) is 9.55 Å². The number of hydrogen-bond donors (Lipinski definition) is 2. The van der Waals surface area contributed by atoms with Crippen LogP contribution in [0.2, 0.25) is 0 Å². The molecule has 12 nitrogen and oxygen atoms in total. The topological polar surface area (TPSA) is 155 Å². The van der Waals surface area contributed by atoms with Crippen LogP contribution in [-0.4, -0.2) is 40.5 Å². The summed E-state index contributed by atoms with van der Waals surface area (Å²) in [7, 11) is 2.85. The van der Waals surface area contributed by atoms with Crippen LogP contribution >= 0.6 is 11.3 Å². The van der Waals surface area contributed by atoms with Crippen LogP contribution in [0.5, 0.6) is 11.5 Å². The molecule has 0 fully saturated rings. The fourth-order valence-electron chi connectivity index (χ4n) is 3.67. The van der Waals surface area contributed by atoms with Gasteiger partial charge in [0.1, 0.15) is 22.9 Å². The molecule has 0 aliphatic heterocycles. The standard InChI is InChI=1S/C24H21N5O7S/c1-13-20-23(37-21(13)22(31)27-16-10-14(29(33)34)8-9-18(16)36-3)25-12-28(24(20)32)11-19(30)26-15-6-4-5-7-17(15)35-2/h4-10,12H,11H2,1-3H3,(H,26,30)(H,27,31). The van der Waals surface area contributed by atoms with Crippen molar-refractivity contribution in [2.75, 3.05) is 24.9 Å². The van der Waals surface area contributed by atoms with Crippen molar-refractivity contribution in [3.05, 3.63) is 79.7 Å². The van der Waals surface area contributed by atoms with Gasteiger partial charge in [-0.1, -0.05) is 12.1 Å². The van der Waals surface area contributed by atoms with Crippen LogP contribution in [0.1, 0.15) is 15.2 Å². The van der Waals surface area contributed by atoms with E-state index in [4.69, 9.17) is 9.47 Å². The number of anilines is 2. The van der Waals surface area contributed by atoms with Crippen molar-refractivity contribution in [2.24, 2.45) is 0 Å². The number of nitro benzene ring substituents is 1. The maximum atomic E-state index is 13.2. The van der Waals surface area contributed by atoms with E-state index in [1.807, 2.05) is 0 Å². The number of thiophene rings is 1. The van der Waals surface area contributed by atoms with Gasteiger partial charge < -0.3 is 20.1 Å². The second kappa shape index (κ2) is 10.5. The summed E-state index contributed by atoms with van der Waals surface area (Å²) >= 11 is 0.996. The van der Waals surface area contributed by atoms with Crippen LogP contribution in [0.3, 0.4) is 0 Å². The fourth-order valence-corrected chi connectivity index (χ4v) is 4.70. The number of benzene rings is 2. The van der Waals surface area contributed by atoms with Crippen molar-refractivity contribution < 1.29 is 24.0 Å². The Morgan fingerprint density at radius 3 is 2.49 bits per heavy atom. The predicted molar refractivity (Wildman–Crippen MR) is 138 cm³/mol. The lowest BCUT2D eigenvalue weighted by molar-refractivity contribution is -0.384. The molecule has 13 heteroatoms. The number of non-ortho nitro benzene ring substituents is 1. The Labute approximate surface area is 213 Å². The molecule has 0 aliphatic carbocycles. The van der Waals surface area contributed by atoms with Gasteiger partial charge in [0.05, 0.1) is 47.1 Å². The molecule has 0 bridgehead atoms. The van der Waals surface area contributed by atoms with E-state index in [0.29, 0.717) is 21.8 Å². The maximum Gasteiger partial charge on any atom is 0.271 e. The zero-order valence-electron chi connectivity index (χ0n) is 19.9. The number of para-hydroxylation sites is 2. The van der Waals surface area contributed by atoms with E-state index in [-0.39, 0.29) is 33.9 Å². The van der Waals surface area contributed by atoms with Crippen molar-refractivity contribution in [3.8, 4) is 11.5 Å². The Morgan fingerprint density at radius 1 is 1.08 bits per heavy atom. The summed E-state index contributed by atoms with van der Waals surface area (Å²) in [5, 5.41) is 16.6. The lowest BCUT2D eigenvalue weighted by atomic mass is 10.2. The highest BCUT2D eigenvalue weighted by Gasteiger charge is 2.22. The molecule has 37 heavy (non-hydrogen) atoms. The Hall–Kier alpha value is -4.78. The van der Waals surface area contributed by atoms with E-state index in [1.54, 1.807) is 31.2 Å². The summed E-state index contributed by atoms with van der Waals surface area (Å²) < 4.78 is 11.6. The number of fused-ring (bicyclic) bond motifs is 1. The van der Waals surface area contributed by atoms with Gasteiger partial charge in [-0.15, -0.1) is 11.3 Å². The molecule has 2 N–H and O–H groups in total. The second-order valence-electron chi connectivity index (χ2n) is 7.76. The summed E-state index contributed by atoms with van der Waals surface area (Å²) in [4.78, 5) is 54.2. The molecule has 0 atom stereocenters. The van der Waals surface area contributed by atoms with Crippen molar-refractivity contribution in [3.63, 3.8) is 0 Å². The number of hydrogen-bond acceptors (Lipinski definition) is 9. The first-order valence-corrected chi connectivity index (χ1v) is 11.6. The molecule has 4 rings (SSSR count). The molecule has 190 valence electrons. The maximum absolute atomic E-state index is 13.2. The zero-order valence-corrected chi connectivity index (χ0v) is 20.8. The first kappa shape index (κ1) is 25.3. The number of aryl methyl sites for hydroxylation is 1. The molecule has 4 aromatic rings. The molecule has 2 aromatic carbocycles. The molecular formula is C24H21N5O7S. The monoisotopic (exact) mass is 523 g/mol. The lowest BCUT2D eigenvalue weighted by Crippen LogP contribution is -2.28. The molecule has 0 aliphatic rings. The minimum atomic E-state index is -0.587. The average Bonchev–Trinajstić information content (AvgIpc) is 3.23. The third kappa shape index (κ3) is 5.11. The third-order valence-corrected chi connectivity index (χ3v) is 6.66. The quantitative estimate of drug-likeness (QED) is 0.262. The van der Waals surface area contributed by atoms with E-state index in [2.05, 4.69) is 15.6 Å². The average molecular weight is 524 g/mol. The highest BCUT2D eigenvalue weighted by molar-refractivity contribution is 7.20. The van der Waals surface area contributed by atoms with Gasteiger partial charge in [-0.3, -0.25) is 29.1 Å². The van der Waals surface area contributed by atoms with E-state index in [0.717, 1.165) is 15.9 Å². The Balaban J connectivity index is 1.61. The molecular weight excluding hydrogens is 502 g/mol. The van der Waals surface area contributed by atoms with E-state index < -0.39 is 22.3 Å². The van der Waals surface area contributed by atoms with E-state index in [1.165, 1.54) is 38.7 Å². The molecule has 2 aromatic heterocycles. The number of nitro groups is 1. The van der Waals surface area contributed by atoms with Crippen LogP contribution in [0.4, 0.5) is 17.1 Å². The summed E-state index contributed by atoms with van der Waals surface area (Å²) in [6.07, 6.45) is 1.24. The number of nitrogens with one attached hydrogen (secondary N) is 2. The van der Waals surface area contributed by atoms with Crippen LogP contribution in [0.25, 0.3) is 10.2 Å². The Morgan fingerprint density at radius 2 is 1.78 bits per heavy atom. The van der Waals surface area contributed by atoms with Crippen LogP contribution < -0.4 is 25.7 Å². The fraction of sp³-hybridized carbons (Fsp3) is 0.167. The van der Waals surface area contributed by atoms with Crippen LogP contribution in [0.15, 0.2) is 53.6 Å². The van der Waals surface area contributed by atoms with Crippen molar-refractivity contribution in [1.29, 1.82) is 0 Å². The molecule has 2 heterocycles. The van der Waals surface area contributed by atoms with Gasteiger partial charge in [-0.05, 0) is 30.7 Å². The van der Waals surface area contributed by atoms with Crippen LogP contribution in [0, 0.1) is 17.0 Å². The van der Waals surface area contributed by atoms with E-state index in [9.17, 15) is 24.5 Å². The molecule has 0 radical (unpaired) electrons. The largest absolute Gasteiger partial charge is 0.495 e. The number of ether oxygens (including phenoxy) is 2. The normalized spacial score (nSPS) is 10.7. The first-order valence-electron chi connectivity index (χ1n) is 10.8. The first-order chi connectivity index (χ1) is 17.7. The minimum Gasteiger partial charge on any atom is -0.495 e. The van der Waals surface area contributed by atoms with Gasteiger partial charge in [0.25, 0.3) is 17.2 Å². The van der Waals surface area contributed by atoms with Gasteiger partial charge in [-0.2, -0.15) is 0 Å². The smallest absolute Gasteiger partial charge is 0.271 e. The Bertz CT molecular complexity index is 1590. The molecule has 0 saturated heterocycles. The summed E-state index contributed by atoms with van der Waals surface area (Å²) in [5.41, 5.74) is 0.233. The van der Waals surface area contributed by atoms with Gasteiger partial charge in [0, 0.05) is 12.1 Å². The number of carbonyl (C=O) groups excluding carboxylic acids is 2. The number of rotatable bonds is 8. The second-order valence-corrected chi connectivity index (χ2v) is 8.76. The highest BCUT2D eigenvalue weighted by atomic mass is 32.1. The summed E-state index contributed by atoms with van der Waals surface area (Å²) in [6, 6.07) is 10.7. The van der Waals surface area contributed by atoms with Crippen LogP contribution in [-0.2, 0) is 11.3 Å². The third-order valence-electron chi connectivity index (χ3n) is 5.46. The van der Waals surface area contributed by atoms with Crippen molar-refractivity contribution in [2.45, 2.75) is 13.5 Å². The summed E-state index contributed by atoms with van der Waals surface area (Å²) in [5.74, 6) is -0.337. The predicted octanol–water partition coefficient (Wildman–Crippen LogP) is 3.58. The van der Waals surface area contributed by atoms with Gasteiger partial charge >= 0.3 is 0 Å². The Kier molecular flexibility index (Phi) is 7.15. The van der Waals surface area contributed by atoms with Crippen molar-refractivity contribution >= 4 is 50.4 Å². The van der Waals surface area contributed by atoms with Gasteiger partial charge in [0.15, 0.2) is 0 Å². The van der Waals surface area contributed by atoms with Gasteiger partial charge in [-0.25, -0.2) is 4.98 Å². The minimum absolute atomic E-state index is 0.108. The zero-order chi connectivity index (χ0) is 26.7. The molecule has 0 spiro atoms. The number of aromatic nitrogens is 2. The van der Waals surface area contributed by atoms with E-state index >= 15 is 0 Å². The van der Waals surface area contributed by atoms with Gasteiger partial charge in [0.2, 0.25) is 5.91 Å². The lowest BCUT2D eigenvalue weighted by Gasteiger charge is -2.10. The SMILES string of the molecule is COc1ccccc1NC(=O)Cn1cnc2sc(C(=O)Nc3cc([N+](=O)[O-])ccc3OC)c(C)c2c1=O. The molecule has 0 unspecified atom stereocenters. The highest BCUT2D eigenvalue weighted by Crippen LogP contribution is 2.32. The number of carbonyl (C=O) groups is 2. The molecule has 0 saturated carbocycles. The number of nitrogens with zero attached hydrogens (tertiary/aromatic N) is 3. The molecule has 2 amide bonds. The number of methoxy groups -OCH3 is 2.